The Morgan fingerprint density at radius 1 is 1.17 bits per heavy atom. The number of hydrogen-bond acceptors (Lipinski definition) is 2. The number of halogens is 1. The number of hydrogen-bond donors (Lipinski definition) is 1. The third-order valence-electron chi connectivity index (χ3n) is 2.88. The normalized spacial score (nSPS) is 14.2. The first-order valence-electron chi connectivity index (χ1n) is 5.98. The van der Waals surface area contributed by atoms with Crippen molar-refractivity contribution in [1.29, 1.82) is 0 Å². The van der Waals surface area contributed by atoms with E-state index >= 15 is 0 Å². The zero-order valence-electron chi connectivity index (χ0n) is 10.4. The third kappa shape index (κ3) is 3.37. The Morgan fingerprint density at radius 3 is 2.61 bits per heavy atom. The van der Waals surface area contributed by atoms with Crippen molar-refractivity contribution in [2.24, 2.45) is 5.73 Å². The Bertz CT molecular complexity index is 509. The predicted octanol–water partition coefficient (Wildman–Crippen LogP) is 2.72. The summed E-state index contributed by atoms with van der Waals surface area (Å²) in [6, 6.07) is 10.6. The van der Waals surface area contributed by atoms with Gasteiger partial charge in [0.25, 0.3) is 0 Å². The van der Waals surface area contributed by atoms with E-state index in [1.54, 1.807) is 24.5 Å². The van der Waals surface area contributed by atoms with Crippen LogP contribution in [0.15, 0.2) is 48.8 Å². The second-order valence-corrected chi connectivity index (χ2v) is 4.96. The first kappa shape index (κ1) is 12.7. The van der Waals surface area contributed by atoms with E-state index < -0.39 is 5.54 Å². The van der Waals surface area contributed by atoms with Crippen LogP contribution in [0.5, 0.6) is 0 Å². The van der Waals surface area contributed by atoms with Crippen LogP contribution in [0.2, 0.25) is 0 Å². The van der Waals surface area contributed by atoms with E-state index in [0.29, 0.717) is 18.4 Å². The third-order valence-corrected chi connectivity index (χ3v) is 2.88. The van der Waals surface area contributed by atoms with Crippen molar-refractivity contribution < 1.29 is 4.39 Å². The molecule has 94 valence electrons. The van der Waals surface area contributed by atoms with E-state index in [1.165, 1.54) is 6.07 Å². The van der Waals surface area contributed by atoms with Gasteiger partial charge in [-0.3, -0.25) is 4.98 Å². The lowest BCUT2D eigenvalue weighted by atomic mass is 9.88. The molecule has 0 amide bonds. The molecule has 18 heavy (non-hydrogen) atoms. The maximum absolute atomic E-state index is 13.6. The molecule has 0 saturated heterocycles. The molecular weight excluding hydrogens is 227 g/mol. The van der Waals surface area contributed by atoms with E-state index in [1.807, 2.05) is 25.1 Å². The van der Waals surface area contributed by atoms with E-state index in [4.69, 9.17) is 5.73 Å². The van der Waals surface area contributed by atoms with Gasteiger partial charge in [0.15, 0.2) is 0 Å². The molecule has 0 fully saturated rings. The highest BCUT2D eigenvalue weighted by Gasteiger charge is 2.21. The van der Waals surface area contributed by atoms with E-state index in [-0.39, 0.29) is 5.82 Å². The largest absolute Gasteiger partial charge is 0.325 e. The zero-order chi connectivity index (χ0) is 13.0. The molecule has 0 saturated carbocycles. The summed E-state index contributed by atoms with van der Waals surface area (Å²) in [6.45, 7) is 1.94. The van der Waals surface area contributed by atoms with Crippen LogP contribution in [-0.4, -0.2) is 10.5 Å². The molecule has 0 aliphatic rings. The van der Waals surface area contributed by atoms with Crippen LogP contribution >= 0.6 is 0 Å². The van der Waals surface area contributed by atoms with Gasteiger partial charge in [0.1, 0.15) is 5.82 Å². The van der Waals surface area contributed by atoms with Crippen molar-refractivity contribution in [3.05, 3.63) is 65.7 Å². The molecule has 0 aliphatic heterocycles. The lowest BCUT2D eigenvalue weighted by Gasteiger charge is -2.25. The van der Waals surface area contributed by atoms with Gasteiger partial charge in [-0.1, -0.05) is 24.3 Å². The number of rotatable bonds is 4. The zero-order valence-corrected chi connectivity index (χ0v) is 10.4. The lowest BCUT2D eigenvalue weighted by Crippen LogP contribution is -2.41. The summed E-state index contributed by atoms with van der Waals surface area (Å²) >= 11 is 0. The van der Waals surface area contributed by atoms with Crippen LogP contribution in [0.1, 0.15) is 18.1 Å². The molecule has 0 bridgehead atoms. The second kappa shape index (κ2) is 5.27. The summed E-state index contributed by atoms with van der Waals surface area (Å²) in [4.78, 5) is 4.06. The van der Waals surface area contributed by atoms with Gasteiger partial charge in [-0.15, -0.1) is 0 Å². The maximum atomic E-state index is 13.6. The Kier molecular flexibility index (Phi) is 3.72. The van der Waals surface area contributed by atoms with Gasteiger partial charge in [0, 0.05) is 17.9 Å². The first-order chi connectivity index (χ1) is 8.57. The first-order valence-corrected chi connectivity index (χ1v) is 5.98. The van der Waals surface area contributed by atoms with E-state index in [9.17, 15) is 4.39 Å². The Morgan fingerprint density at radius 2 is 1.94 bits per heavy atom. The smallest absolute Gasteiger partial charge is 0.126 e. The minimum absolute atomic E-state index is 0.194. The van der Waals surface area contributed by atoms with Gasteiger partial charge < -0.3 is 5.73 Å². The summed E-state index contributed by atoms with van der Waals surface area (Å²) < 4.78 is 13.6. The molecule has 0 aliphatic carbocycles. The van der Waals surface area contributed by atoms with Crippen molar-refractivity contribution in [1.82, 2.24) is 4.98 Å². The van der Waals surface area contributed by atoms with Crippen molar-refractivity contribution in [2.45, 2.75) is 25.3 Å². The Balaban J connectivity index is 2.10. The average Bonchev–Trinajstić information content (AvgIpc) is 2.32. The maximum Gasteiger partial charge on any atom is 0.126 e. The van der Waals surface area contributed by atoms with Crippen LogP contribution in [0, 0.1) is 5.82 Å². The van der Waals surface area contributed by atoms with Crippen LogP contribution < -0.4 is 5.73 Å². The van der Waals surface area contributed by atoms with E-state index in [2.05, 4.69) is 4.98 Å². The second-order valence-electron chi connectivity index (χ2n) is 4.96. The molecule has 1 atom stereocenters. The molecule has 2 rings (SSSR count). The number of nitrogens with two attached hydrogens (primary N) is 1. The van der Waals surface area contributed by atoms with Gasteiger partial charge in [-0.2, -0.15) is 0 Å². The summed E-state index contributed by atoms with van der Waals surface area (Å²) in [5.74, 6) is -0.194. The molecule has 2 aromatic rings. The highest BCUT2D eigenvalue weighted by atomic mass is 19.1. The van der Waals surface area contributed by atoms with Crippen molar-refractivity contribution in [3.63, 3.8) is 0 Å². The number of pyridine rings is 1. The molecule has 1 unspecified atom stereocenters. The molecule has 1 aromatic carbocycles. The monoisotopic (exact) mass is 244 g/mol. The SMILES string of the molecule is CC(N)(Cc1cccnc1)Cc1ccccc1F. The van der Waals surface area contributed by atoms with Crippen LogP contribution in [-0.2, 0) is 12.8 Å². The number of aromatic nitrogens is 1. The molecule has 2 nitrogen and oxygen atoms in total. The molecule has 0 radical (unpaired) electrons. The Hall–Kier alpha value is -1.74. The fourth-order valence-corrected chi connectivity index (χ4v) is 2.11. The van der Waals surface area contributed by atoms with Crippen LogP contribution in [0.4, 0.5) is 4.39 Å². The molecule has 1 aromatic heterocycles. The van der Waals surface area contributed by atoms with Gasteiger partial charge in [-0.05, 0) is 43.0 Å². The summed E-state index contributed by atoms with van der Waals surface area (Å²) in [5.41, 5.74) is 7.50. The molecule has 3 heteroatoms. The fraction of sp³-hybridized carbons (Fsp3) is 0.267. The number of benzene rings is 1. The van der Waals surface area contributed by atoms with Gasteiger partial charge in [0.05, 0.1) is 0 Å². The number of nitrogens with zero attached hydrogens (tertiary/aromatic N) is 1. The summed E-state index contributed by atoms with van der Waals surface area (Å²) in [5, 5.41) is 0. The lowest BCUT2D eigenvalue weighted by molar-refractivity contribution is 0.450. The minimum atomic E-state index is -0.481. The highest BCUT2D eigenvalue weighted by molar-refractivity contribution is 5.21. The predicted molar refractivity (Wildman–Crippen MR) is 70.6 cm³/mol. The average molecular weight is 244 g/mol. The van der Waals surface area contributed by atoms with Gasteiger partial charge in [-0.25, -0.2) is 4.39 Å². The quantitative estimate of drug-likeness (QED) is 0.898. The van der Waals surface area contributed by atoms with Crippen LogP contribution in [0.3, 0.4) is 0 Å². The van der Waals surface area contributed by atoms with Crippen molar-refractivity contribution >= 4 is 0 Å². The summed E-state index contributed by atoms with van der Waals surface area (Å²) in [6.07, 6.45) is 4.71. The van der Waals surface area contributed by atoms with Gasteiger partial charge >= 0.3 is 0 Å². The van der Waals surface area contributed by atoms with E-state index in [0.717, 1.165) is 5.56 Å². The Labute approximate surface area is 107 Å². The highest BCUT2D eigenvalue weighted by Crippen LogP contribution is 2.18. The molecule has 0 spiro atoms. The molecule has 1 heterocycles. The fourth-order valence-electron chi connectivity index (χ4n) is 2.11. The topological polar surface area (TPSA) is 38.9 Å². The van der Waals surface area contributed by atoms with Crippen molar-refractivity contribution in [3.8, 4) is 0 Å². The van der Waals surface area contributed by atoms with Gasteiger partial charge in [0.2, 0.25) is 0 Å². The molecular formula is C15H17FN2. The van der Waals surface area contributed by atoms with Crippen LogP contribution in [0.25, 0.3) is 0 Å². The van der Waals surface area contributed by atoms with Crippen molar-refractivity contribution in [2.75, 3.05) is 0 Å². The molecule has 2 N–H and O–H groups in total. The minimum Gasteiger partial charge on any atom is -0.325 e. The standard InChI is InChI=1S/C15H17FN2/c1-15(17,9-12-5-4-8-18-11-12)10-13-6-2-3-7-14(13)16/h2-8,11H,9-10,17H2,1H3. The summed E-state index contributed by atoms with van der Waals surface area (Å²) in [7, 11) is 0.